The minimum absolute atomic E-state index is 0.207. The Kier molecular flexibility index (Phi) is 3.42. The zero-order chi connectivity index (χ0) is 13.9. The first-order valence-electron chi connectivity index (χ1n) is 6.97. The fourth-order valence-corrected chi connectivity index (χ4v) is 2.71. The Morgan fingerprint density at radius 1 is 1.05 bits per heavy atom. The standard InChI is InChI=1S/C17H18N2O/c18-15-7-8-16-14(12-15)6-9-17(20)19(16)11-10-13-4-2-1-3-5-13/h1-5,7-8,12H,6,9-11,18H2. The van der Waals surface area contributed by atoms with Crippen LogP contribution in [-0.2, 0) is 17.6 Å². The van der Waals surface area contributed by atoms with E-state index in [1.807, 2.05) is 41.3 Å². The topological polar surface area (TPSA) is 46.3 Å². The molecule has 3 nitrogen and oxygen atoms in total. The van der Waals surface area contributed by atoms with Crippen LogP contribution in [0.4, 0.5) is 11.4 Å². The SMILES string of the molecule is Nc1ccc2c(c1)CCC(=O)N2CCc1ccccc1. The maximum absolute atomic E-state index is 12.2. The maximum atomic E-state index is 12.2. The number of carbonyl (C=O) groups is 1. The highest BCUT2D eigenvalue weighted by Crippen LogP contribution is 2.29. The van der Waals surface area contributed by atoms with E-state index in [1.165, 1.54) is 11.1 Å². The first kappa shape index (κ1) is 12.7. The van der Waals surface area contributed by atoms with Crippen molar-refractivity contribution in [2.45, 2.75) is 19.3 Å². The van der Waals surface area contributed by atoms with Gasteiger partial charge in [0.05, 0.1) is 0 Å². The van der Waals surface area contributed by atoms with Crippen molar-refractivity contribution in [2.75, 3.05) is 17.2 Å². The molecular formula is C17H18N2O. The Labute approximate surface area is 119 Å². The lowest BCUT2D eigenvalue weighted by Gasteiger charge is -2.29. The third-order valence-electron chi connectivity index (χ3n) is 3.77. The molecule has 0 saturated heterocycles. The van der Waals surface area contributed by atoms with E-state index in [9.17, 15) is 4.79 Å². The highest BCUT2D eigenvalue weighted by Gasteiger charge is 2.23. The lowest BCUT2D eigenvalue weighted by atomic mass is 10.00. The number of anilines is 2. The Balaban J connectivity index is 1.81. The molecule has 0 saturated carbocycles. The highest BCUT2D eigenvalue weighted by atomic mass is 16.2. The molecule has 20 heavy (non-hydrogen) atoms. The van der Waals surface area contributed by atoms with Gasteiger partial charge in [0.25, 0.3) is 0 Å². The van der Waals surface area contributed by atoms with E-state index in [0.717, 1.165) is 30.8 Å². The third kappa shape index (κ3) is 2.52. The largest absolute Gasteiger partial charge is 0.399 e. The van der Waals surface area contributed by atoms with Gasteiger partial charge in [0.15, 0.2) is 0 Å². The van der Waals surface area contributed by atoms with Crippen molar-refractivity contribution in [3.8, 4) is 0 Å². The second-order valence-electron chi connectivity index (χ2n) is 5.17. The van der Waals surface area contributed by atoms with Crippen molar-refractivity contribution in [1.82, 2.24) is 0 Å². The first-order chi connectivity index (χ1) is 9.74. The summed E-state index contributed by atoms with van der Waals surface area (Å²) in [6, 6.07) is 16.1. The predicted molar refractivity (Wildman–Crippen MR) is 81.7 cm³/mol. The number of hydrogen-bond donors (Lipinski definition) is 1. The fraction of sp³-hybridized carbons (Fsp3) is 0.235. The van der Waals surface area contributed by atoms with Gasteiger partial charge in [-0.15, -0.1) is 0 Å². The van der Waals surface area contributed by atoms with E-state index in [4.69, 9.17) is 5.73 Å². The number of amides is 1. The number of rotatable bonds is 3. The number of hydrogen-bond acceptors (Lipinski definition) is 2. The molecule has 2 aromatic rings. The van der Waals surface area contributed by atoms with Crippen LogP contribution in [0.1, 0.15) is 17.5 Å². The molecule has 2 aromatic carbocycles. The van der Waals surface area contributed by atoms with Gasteiger partial charge in [0.1, 0.15) is 0 Å². The number of aryl methyl sites for hydroxylation is 1. The molecule has 0 aliphatic carbocycles. The molecule has 1 aliphatic heterocycles. The molecule has 1 amide bonds. The Morgan fingerprint density at radius 2 is 1.85 bits per heavy atom. The molecule has 0 radical (unpaired) electrons. The predicted octanol–water partition coefficient (Wildman–Crippen LogP) is 2.79. The van der Waals surface area contributed by atoms with Gasteiger partial charge < -0.3 is 10.6 Å². The van der Waals surface area contributed by atoms with Crippen molar-refractivity contribution in [3.05, 3.63) is 59.7 Å². The average Bonchev–Trinajstić information content (AvgIpc) is 2.47. The van der Waals surface area contributed by atoms with Gasteiger partial charge in [0, 0.05) is 24.3 Å². The monoisotopic (exact) mass is 266 g/mol. The summed E-state index contributed by atoms with van der Waals surface area (Å²) in [7, 11) is 0. The van der Waals surface area contributed by atoms with Gasteiger partial charge in [-0.2, -0.15) is 0 Å². The highest BCUT2D eigenvalue weighted by molar-refractivity contribution is 5.96. The first-order valence-corrected chi connectivity index (χ1v) is 6.97. The molecule has 3 heteroatoms. The van der Waals surface area contributed by atoms with Crippen LogP contribution in [0.3, 0.4) is 0 Å². The van der Waals surface area contributed by atoms with E-state index in [1.54, 1.807) is 0 Å². The molecule has 0 bridgehead atoms. The van der Waals surface area contributed by atoms with Crippen molar-refractivity contribution >= 4 is 17.3 Å². The van der Waals surface area contributed by atoms with Crippen LogP contribution in [0.25, 0.3) is 0 Å². The molecular weight excluding hydrogens is 248 g/mol. The van der Waals surface area contributed by atoms with Gasteiger partial charge in [-0.3, -0.25) is 4.79 Å². The number of nitrogens with two attached hydrogens (primary N) is 1. The van der Waals surface area contributed by atoms with Crippen LogP contribution in [0, 0.1) is 0 Å². The third-order valence-corrected chi connectivity index (χ3v) is 3.77. The quantitative estimate of drug-likeness (QED) is 0.868. The molecule has 0 fully saturated rings. The summed E-state index contributed by atoms with van der Waals surface area (Å²) in [6.07, 6.45) is 2.24. The zero-order valence-electron chi connectivity index (χ0n) is 11.4. The molecule has 1 aliphatic rings. The van der Waals surface area contributed by atoms with E-state index in [0.29, 0.717) is 6.42 Å². The van der Waals surface area contributed by atoms with Gasteiger partial charge in [0.2, 0.25) is 5.91 Å². The van der Waals surface area contributed by atoms with Crippen LogP contribution in [0.15, 0.2) is 48.5 Å². The molecule has 0 aromatic heterocycles. The smallest absolute Gasteiger partial charge is 0.227 e. The van der Waals surface area contributed by atoms with E-state index in [-0.39, 0.29) is 5.91 Å². The average molecular weight is 266 g/mol. The number of carbonyl (C=O) groups excluding carboxylic acids is 1. The fourth-order valence-electron chi connectivity index (χ4n) is 2.71. The summed E-state index contributed by atoms with van der Waals surface area (Å²) in [5, 5.41) is 0. The van der Waals surface area contributed by atoms with Crippen molar-refractivity contribution < 1.29 is 4.79 Å². The van der Waals surface area contributed by atoms with Crippen LogP contribution in [-0.4, -0.2) is 12.5 Å². The number of nitrogens with zero attached hydrogens (tertiary/aromatic N) is 1. The van der Waals surface area contributed by atoms with E-state index < -0.39 is 0 Å². The number of nitrogen functional groups attached to an aromatic ring is 1. The summed E-state index contributed by atoms with van der Waals surface area (Å²) in [5.41, 5.74) is 10.0. The summed E-state index contributed by atoms with van der Waals surface area (Å²) in [6.45, 7) is 0.722. The summed E-state index contributed by atoms with van der Waals surface area (Å²) in [4.78, 5) is 14.1. The van der Waals surface area contributed by atoms with Gasteiger partial charge in [-0.1, -0.05) is 30.3 Å². The summed E-state index contributed by atoms with van der Waals surface area (Å²) < 4.78 is 0. The summed E-state index contributed by atoms with van der Waals surface area (Å²) in [5.74, 6) is 0.207. The van der Waals surface area contributed by atoms with Crippen molar-refractivity contribution in [1.29, 1.82) is 0 Å². The second kappa shape index (κ2) is 5.37. The molecule has 102 valence electrons. The number of fused-ring (bicyclic) bond motifs is 1. The maximum Gasteiger partial charge on any atom is 0.227 e. The minimum Gasteiger partial charge on any atom is -0.399 e. The van der Waals surface area contributed by atoms with Crippen molar-refractivity contribution in [3.63, 3.8) is 0 Å². The summed E-state index contributed by atoms with van der Waals surface area (Å²) >= 11 is 0. The lowest BCUT2D eigenvalue weighted by molar-refractivity contribution is -0.118. The van der Waals surface area contributed by atoms with Gasteiger partial charge in [-0.25, -0.2) is 0 Å². The Bertz CT molecular complexity index is 622. The van der Waals surface area contributed by atoms with E-state index in [2.05, 4.69) is 12.1 Å². The lowest BCUT2D eigenvalue weighted by Crippen LogP contribution is -2.36. The van der Waals surface area contributed by atoms with Crippen LogP contribution < -0.4 is 10.6 Å². The zero-order valence-corrected chi connectivity index (χ0v) is 11.4. The number of benzene rings is 2. The van der Waals surface area contributed by atoms with Crippen LogP contribution in [0.2, 0.25) is 0 Å². The molecule has 1 heterocycles. The minimum atomic E-state index is 0.207. The molecule has 0 spiro atoms. The second-order valence-corrected chi connectivity index (χ2v) is 5.17. The van der Waals surface area contributed by atoms with Gasteiger partial charge in [-0.05, 0) is 42.2 Å². The molecule has 3 rings (SSSR count). The molecule has 0 unspecified atom stereocenters. The normalized spacial score (nSPS) is 14.2. The Hall–Kier alpha value is -2.29. The van der Waals surface area contributed by atoms with Crippen molar-refractivity contribution in [2.24, 2.45) is 0 Å². The van der Waals surface area contributed by atoms with Gasteiger partial charge >= 0.3 is 0 Å². The Morgan fingerprint density at radius 3 is 2.65 bits per heavy atom. The molecule has 2 N–H and O–H groups in total. The molecule has 0 atom stereocenters. The van der Waals surface area contributed by atoms with E-state index >= 15 is 0 Å². The van der Waals surface area contributed by atoms with Crippen LogP contribution >= 0.6 is 0 Å². The van der Waals surface area contributed by atoms with Crippen LogP contribution in [0.5, 0.6) is 0 Å².